The van der Waals surface area contributed by atoms with E-state index >= 15 is 0 Å². The molecule has 1 saturated heterocycles. The predicted octanol–water partition coefficient (Wildman–Crippen LogP) is -1.12. The van der Waals surface area contributed by atoms with Crippen molar-refractivity contribution in [2.75, 3.05) is 19.6 Å². The fraction of sp³-hybridized carbons (Fsp3) is 0.778. The lowest BCUT2D eigenvalue weighted by Crippen LogP contribution is -2.62. The van der Waals surface area contributed by atoms with E-state index in [4.69, 9.17) is 11.5 Å². The Morgan fingerprint density at radius 2 is 1.30 bits per heavy atom. The second-order valence-corrected chi connectivity index (χ2v) is 14.1. The highest BCUT2D eigenvalue weighted by atomic mass is 16.3. The number of nitrogens with zero attached hydrogens (tertiary/aromatic N) is 2. The number of likely N-dealkylation sites (tertiary alicyclic amines) is 1. The summed E-state index contributed by atoms with van der Waals surface area (Å²) in [5.41, 5.74) is 10.9. The number of aliphatic hydroxyl groups excluding tert-OH is 1. The average molecular weight is 767 g/mol. The molecule has 0 radical (unpaired) electrons. The van der Waals surface area contributed by atoms with Gasteiger partial charge in [-0.25, -0.2) is 0 Å². The summed E-state index contributed by atoms with van der Waals surface area (Å²) >= 11 is 0. The minimum atomic E-state index is -1.46. The molecule has 1 aliphatic rings. The normalized spacial score (nSPS) is 18.3. The van der Waals surface area contributed by atoms with E-state index in [2.05, 4.69) is 36.9 Å². The Hall–Kier alpha value is -4.48. The number of carbonyl (C=O) groups is 7. The topological polar surface area (TPSA) is 280 Å². The van der Waals surface area contributed by atoms with E-state index < -0.39 is 83.7 Å². The van der Waals surface area contributed by atoms with Gasteiger partial charge in [0.2, 0.25) is 41.4 Å². The molecule has 0 aromatic heterocycles. The van der Waals surface area contributed by atoms with Crippen molar-refractivity contribution in [1.82, 2.24) is 36.8 Å². The monoisotopic (exact) mass is 767 g/mol. The summed E-state index contributed by atoms with van der Waals surface area (Å²) in [4.78, 5) is 98.4. The van der Waals surface area contributed by atoms with Gasteiger partial charge in [0.05, 0.1) is 6.10 Å². The summed E-state index contributed by atoms with van der Waals surface area (Å²) in [7, 11) is 0. The summed E-state index contributed by atoms with van der Waals surface area (Å²) in [5.74, 6) is -4.76. The lowest BCUT2D eigenvalue weighted by molar-refractivity contribution is -0.142. The smallest absolute Gasteiger partial charge is 0.245 e. The molecule has 18 nitrogen and oxygen atoms in total. The Morgan fingerprint density at radius 3 is 1.81 bits per heavy atom. The van der Waals surface area contributed by atoms with Gasteiger partial charge in [-0.2, -0.15) is 0 Å². The van der Waals surface area contributed by atoms with E-state index in [1.165, 1.54) is 18.7 Å². The fourth-order valence-electron chi connectivity index (χ4n) is 6.16. The van der Waals surface area contributed by atoms with Crippen molar-refractivity contribution in [3.8, 4) is 0 Å². The number of carbonyl (C=O) groups excluding carboxylic acids is 7. The highest BCUT2D eigenvalue weighted by molar-refractivity contribution is 5.97. The molecule has 0 bridgehead atoms. The molecule has 11 N–H and O–H groups in total. The number of aliphatic hydroxyl groups is 1. The van der Waals surface area contributed by atoms with Crippen LogP contribution in [0.3, 0.4) is 0 Å². The van der Waals surface area contributed by atoms with Gasteiger partial charge in [-0.1, -0.05) is 53.9 Å². The third kappa shape index (κ3) is 15.1. The van der Waals surface area contributed by atoms with Crippen LogP contribution in [0.4, 0.5) is 0 Å². The first kappa shape index (κ1) is 47.5. The molecule has 0 spiro atoms. The summed E-state index contributed by atoms with van der Waals surface area (Å²) in [6, 6.07) is -6.43. The standard InChI is InChI=1S/C36H66N10O8/c1-9-15-24(42-34(53)29(22(7)47)45-33(52)27(20(5)10-2)41-23(8)48)30(49)44-28(21(6)11-3)32(51)43-25(16-13-18-40-36(37)38)35(54)46-19-14-17-26(46)31(50)39-12-4/h20-22,24-29,47H,9-19H2,1-8H3,(H,39,50)(H,41,48)(H,42,53)(H,43,51)(H,44,49)(H,45,52)(H4,37,38,40)/t20-,21-,22+,24-,25-,26-,27+,28-,29+/m0/s1. The van der Waals surface area contributed by atoms with Gasteiger partial charge in [0.1, 0.15) is 36.3 Å². The van der Waals surface area contributed by atoms with Gasteiger partial charge >= 0.3 is 0 Å². The van der Waals surface area contributed by atoms with E-state index in [-0.39, 0.29) is 37.2 Å². The van der Waals surface area contributed by atoms with Crippen LogP contribution in [0.2, 0.25) is 0 Å². The number of nitrogens with two attached hydrogens (primary N) is 2. The minimum absolute atomic E-state index is 0.117. The molecule has 0 aromatic rings. The zero-order chi connectivity index (χ0) is 41.1. The Bertz CT molecular complexity index is 1310. The highest BCUT2D eigenvalue weighted by Gasteiger charge is 2.39. The van der Waals surface area contributed by atoms with Gasteiger partial charge in [-0.15, -0.1) is 0 Å². The van der Waals surface area contributed by atoms with E-state index in [0.717, 1.165) is 0 Å². The van der Waals surface area contributed by atoms with Crippen LogP contribution in [-0.4, -0.2) is 119 Å². The molecule has 1 rings (SSSR count). The Labute approximate surface area is 319 Å². The Kier molecular flexibility index (Phi) is 21.2. The van der Waals surface area contributed by atoms with Crippen molar-refractivity contribution in [3.05, 3.63) is 0 Å². The first-order valence-electron chi connectivity index (χ1n) is 19.2. The van der Waals surface area contributed by atoms with Crippen molar-refractivity contribution in [3.63, 3.8) is 0 Å². The van der Waals surface area contributed by atoms with E-state index in [1.807, 2.05) is 13.8 Å². The molecule has 9 atom stereocenters. The maximum Gasteiger partial charge on any atom is 0.245 e. The second kappa shape index (κ2) is 24.0. The van der Waals surface area contributed by atoms with Crippen LogP contribution in [0, 0.1) is 11.8 Å². The van der Waals surface area contributed by atoms with E-state index in [1.54, 1.807) is 27.7 Å². The molecule has 308 valence electrons. The molecule has 18 heteroatoms. The minimum Gasteiger partial charge on any atom is -0.391 e. The summed E-state index contributed by atoms with van der Waals surface area (Å²) in [6.45, 7) is 14.3. The van der Waals surface area contributed by atoms with Gasteiger partial charge in [0.15, 0.2) is 5.96 Å². The number of hydrogen-bond donors (Lipinski definition) is 9. The Balaban J connectivity index is 3.29. The third-order valence-electron chi connectivity index (χ3n) is 9.67. The molecule has 1 heterocycles. The van der Waals surface area contributed by atoms with Crippen LogP contribution in [0.1, 0.15) is 107 Å². The Morgan fingerprint density at radius 1 is 0.759 bits per heavy atom. The summed E-state index contributed by atoms with van der Waals surface area (Å²) in [5, 5.41) is 26.5. The van der Waals surface area contributed by atoms with Gasteiger partial charge in [0.25, 0.3) is 0 Å². The molecule has 0 aliphatic carbocycles. The SMILES string of the molecule is CCC[C@H](NC(=O)[C@H](NC(=O)[C@H](NC(C)=O)[C@@H](C)CC)[C@@H](C)O)C(=O)N[C@H](C(=O)N[C@@H](CCCN=C(N)N)C(=O)N1CCC[C@H]1C(=O)NCC)[C@@H](C)CC. The van der Waals surface area contributed by atoms with Crippen molar-refractivity contribution in [1.29, 1.82) is 0 Å². The van der Waals surface area contributed by atoms with Crippen LogP contribution < -0.4 is 43.4 Å². The molecule has 1 fully saturated rings. The number of likely N-dealkylation sites (N-methyl/N-ethyl adjacent to an activating group) is 1. The maximum atomic E-state index is 14.0. The maximum absolute atomic E-state index is 14.0. The molecular formula is C36H66N10O8. The zero-order valence-corrected chi connectivity index (χ0v) is 33.3. The average Bonchev–Trinajstić information content (AvgIpc) is 3.61. The highest BCUT2D eigenvalue weighted by Crippen LogP contribution is 2.20. The van der Waals surface area contributed by atoms with Crippen molar-refractivity contribution in [2.24, 2.45) is 28.3 Å². The van der Waals surface area contributed by atoms with Crippen LogP contribution in [0.15, 0.2) is 4.99 Å². The lowest BCUT2D eigenvalue weighted by atomic mass is 9.96. The van der Waals surface area contributed by atoms with Crippen molar-refractivity contribution in [2.45, 2.75) is 149 Å². The molecule has 1 aliphatic heterocycles. The molecule has 54 heavy (non-hydrogen) atoms. The first-order valence-corrected chi connectivity index (χ1v) is 19.2. The largest absolute Gasteiger partial charge is 0.391 e. The summed E-state index contributed by atoms with van der Waals surface area (Å²) < 4.78 is 0. The van der Waals surface area contributed by atoms with Crippen LogP contribution >= 0.6 is 0 Å². The molecule has 0 saturated carbocycles. The van der Waals surface area contributed by atoms with Crippen LogP contribution in [-0.2, 0) is 33.6 Å². The molecular weight excluding hydrogens is 700 g/mol. The first-order chi connectivity index (χ1) is 25.4. The zero-order valence-electron chi connectivity index (χ0n) is 33.3. The van der Waals surface area contributed by atoms with Gasteiger partial charge in [-0.05, 0) is 57.8 Å². The summed E-state index contributed by atoms with van der Waals surface area (Å²) in [6.07, 6.45) is 1.87. The van der Waals surface area contributed by atoms with E-state index in [9.17, 15) is 38.7 Å². The molecule has 0 unspecified atom stereocenters. The third-order valence-corrected chi connectivity index (χ3v) is 9.67. The lowest BCUT2D eigenvalue weighted by Gasteiger charge is -2.31. The number of amides is 7. The van der Waals surface area contributed by atoms with E-state index in [0.29, 0.717) is 51.6 Å². The number of nitrogens with one attached hydrogen (secondary N) is 6. The van der Waals surface area contributed by atoms with Crippen molar-refractivity contribution < 1.29 is 38.7 Å². The number of hydrogen-bond acceptors (Lipinski definition) is 9. The second-order valence-electron chi connectivity index (χ2n) is 14.1. The van der Waals surface area contributed by atoms with Gasteiger partial charge < -0.3 is 53.4 Å². The predicted molar refractivity (Wildman–Crippen MR) is 204 cm³/mol. The van der Waals surface area contributed by atoms with Gasteiger partial charge in [-0.3, -0.25) is 38.6 Å². The number of aliphatic imine (C=N–C) groups is 1. The van der Waals surface area contributed by atoms with Gasteiger partial charge in [0, 0.05) is 26.6 Å². The number of guanidine groups is 1. The number of rotatable bonds is 23. The van der Waals surface area contributed by atoms with Crippen LogP contribution in [0.25, 0.3) is 0 Å². The van der Waals surface area contributed by atoms with Crippen molar-refractivity contribution >= 4 is 47.3 Å². The quantitative estimate of drug-likeness (QED) is 0.0343. The van der Waals surface area contributed by atoms with Crippen LogP contribution in [0.5, 0.6) is 0 Å². The fourth-order valence-corrected chi connectivity index (χ4v) is 6.16. The molecule has 7 amide bonds. The molecule has 0 aromatic carbocycles.